The van der Waals surface area contributed by atoms with Gasteiger partial charge in [-0.3, -0.25) is 4.79 Å². The van der Waals surface area contributed by atoms with Crippen LogP contribution in [0.1, 0.15) is 18.9 Å². The molecular formula is C15H19N3O2. The van der Waals surface area contributed by atoms with Gasteiger partial charge in [0.05, 0.1) is 6.61 Å². The Kier molecular flexibility index (Phi) is 4.76. The Hall–Kier alpha value is -2.30. The zero-order chi connectivity index (χ0) is 14.4. The molecule has 0 atom stereocenters. The maximum absolute atomic E-state index is 11.5. The summed E-state index contributed by atoms with van der Waals surface area (Å²) in [4.78, 5) is 15.8. The minimum atomic E-state index is -0.267. The molecule has 0 saturated heterocycles. The first kappa shape index (κ1) is 14.1. The monoisotopic (exact) mass is 273 g/mol. The number of rotatable bonds is 6. The number of carbonyl (C=O) groups is 1. The van der Waals surface area contributed by atoms with Gasteiger partial charge in [0.2, 0.25) is 0 Å². The summed E-state index contributed by atoms with van der Waals surface area (Å²) in [7, 11) is 0. The van der Waals surface area contributed by atoms with Crippen LogP contribution in [-0.2, 0) is 9.53 Å². The van der Waals surface area contributed by atoms with Crippen molar-refractivity contribution in [3.05, 3.63) is 42.2 Å². The highest BCUT2D eigenvalue weighted by Gasteiger charge is 2.09. The maximum atomic E-state index is 11.5. The highest BCUT2D eigenvalue weighted by Crippen LogP contribution is 2.20. The largest absolute Gasteiger partial charge is 0.464 e. The molecule has 1 aromatic carbocycles. The van der Waals surface area contributed by atoms with E-state index in [0.29, 0.717) is 6.61 Å². The molecule has 0 unspecified atom stereocenters. The minimum absolute atomic E-state index is 0.120. The molecule has 5 nitrogen and oxygen atoms in total. The van der Waals surface area contributed by atoms with Gasteiger partial charge in [-0.15, -0.1) is 0 Å². The van der Waals surface area contributed by atoms with Crippen LogP contribution in [0.15, 0.2) is 36.7 Å². The second kappa shape index (κ2) is 6.75. The zero-order valence-corrected chi connectivity index (χ0v) is 11.8. The summed E-state index contributed by atoms with van der Waals surface area (Å²) in [5.41, 5.74) is 5.18. The van der Waals surface area contributed by atoms with Gasteiger partial charge >= 0.3 is 5.97 Å². The van der Waals surface area contributed by atoms with Gasteiger partial charge in [-0.05, 0) is 18.9 Å². The van der Waals surface area contributed by atoms with E-state index in [9.17, 15) is 4.79 Å². The van der Waals surface area contributed by atoms with Gasteiger partial charge in [-0.1, -0.05) is 31.2 Å². The van der Waals surface area contributed by atoms with Gasteiger partial charge < -0.3 is 10.2 Å². The number of aromatic nitrogens is 2. The smallest absolute Gasteiger partial charge is 0.326 e. The average Bonchev–Trinajstić information content (AvgIpc) is 2.91. The Morgan fingerprint density at radius 2 is 2.20 bits per heavy atom. The second-order valence-corrected chi connectivity index (χ2v) is 4.49. The first-order valence-electron chi connectivity index (χ1n) is 6.71. The Bertz CT molecular complexity index is 578. The first-order chi connectivity index (χ1) is 9.72. The Labute approximate surface area is 118 Å². The maximum Gasteiger partial charge on any atom is 0.326 e. The van der Waals surface area contributed by atoms with E-state index >= 15 is 0 Å². The number of hydrogen-bond donors (Lipinski definition) is 1. The van der Waals surface area contributed by atoms with Gasteiger partial charge in [0.25, 0.3) is 0 Å². The summed E-state index contributed by atoms with van der Waals surface area (Å²) in [6.45, 7) is 4.57. The number of ether oxygens (including phenoxy) is 1. The Balaban J connectivity index is 2.06. The average molecular weight is 273 g/mol. The van der Waals surface area contributed by atoms with Crippen LogP contribution in [-0.4, -0.2) is 28.8 Å². The van der Waals surface area contributed by atoms with Crippen molar-refractivity contribution < 1.29 is 9.53 Å². The quantitative estimate of drug-likeness (QED) is 0.821. The predicted octanol–water partition coefficient (Wildman–Crippen LogP) is 2.36. The predicted molar refractivity (Wildman–Crippen MR) is 77.9 cm³/mol. The van der Waals surface area contributed by atoms with Crippen molar-refractivity contribution in [2.75, 3.05) is 18.6 Å². The molecule has 5 heteroatoms. The van der Waals surface area contributed by atoms with Crippen LogP contribution >= 0.6 is 0 Å². The van der Waals surface area contributed by atoms with Crippen molar-refractivity contribution in [3.8, 4) is 11.4 Å². The lowest BCUT2D eigenvalue weighted by atomic mass is 10.1. The van der Waals surface area contributed by atoms with E-state index in [-0.39, 0.29) is 12.5 Å². The van der Waals surface area contributed by atoms with E-state index in [4.69, 9.17) is 4.74 Å². The van der Waals surface area contributed by atoms with Crippen LogP contribution in [0.25, 0.3) is 11.4 Å². The lowest BCUT2D eigenvalue weighted by Gasteiger charge is -2.11. The molecule has 2 aromatic rings. The van der Waals surface area contributed by atoms with Gasteiger partial charge in [-0.25, -0.2) is 9.66 Å². The zero-order valence-electron chi connectivity index (χ0n) is 11.8. The van der Waals surface area contributed by atoms with Crippen LogP contribution in [0.3, 0.4) is 0 Å². The van der Waals surface area contributed by atoms with Crippen molar-refractivity contribution >= 4 is 5.97 Å². The fourth-order valence-corrected chi connectivity index (χ4v) is 1.87. The minimum Gasteiger partial charge on any atom is -0.464 e. The van der Waals surface area contributed by atoms with Crippen LogP contribution in [0.2, 0.25) is 0 Å². The number of carbonyl (C=O) groups excluding carboxylic acids is 1. The topological polar surface area (TPSA) is 56.1 Å². The summed E-state index contributed by atoms with van der Waals surface area (Å²) >= 11 is 0. The molecular weight excluding hydrogens is 254 g/mol. The van der Waals surface area contributed by atoms with E-state index < -0.39 is 0 Å². The van der Waals surface area contributed by atoms with Crippen LogP contribution < -0.4 is 5.43 Å². The fourth-order valence-electron chi connectivity index (χ4n) is 1.87. The molecule has 0 aliphatic heterocycles. The number of nitrogens with one attached hydrogen (secondary N) is 1. The normalized spacial score (nSPS) is 10.3. The van der Waals surface area contributed by atoms with Gasteiger partial charge in [0, 0.05) is 18.0 Å². The summed E-state index contributed by atoms with van der Waals surface area (Å²) < 4.78 is 6.77. The van der Waals surface area contributed by atoms with Crippen LogP contribution in [0.4, 0.5) is 0 Å². The number of nitrogens with zero attached hydrogens (tertiary/aromatic N) is 2. The summed E-state index contributed by atoms with van der Waals surface area (Å²) in [6.07, 6.45) is 4.31. The van der Waals surface area contributed by atoms with E-state index in [2.05, 4.69) is 10.4 Å². The number of aryl methyl sites for hydroxylation is 1. The molecule has 0 saturated carbocycles. The Morgan fingerprint density at radius 1 is 1.40 bits per heavy atom. The van der Waals surface area contributed by atoms with Gasteiger partial charge in [0.15, 0.2) is 5.82 Å². The van der Waals surface area contributed by atoms with Crippen LogP contribution in [0.5, 0.6) is 0 Å². The SMILES string of the molecule is CCCOC(=O)CNn1ccnc1-c1ccccc1C. The van der Waals surface area contributed by atoms with E-state index in [0.717, 1.165) is 23.4 Å². The van der Waals surface area contributed by atoms with Crippen molar-refractivity contribution in [2.45, 2.75) is 20.3 Å². The van der Waals surface area contributed by atoms with E-state index in [1.54, 1.807) is 17.1 Å². The Morgan fingerprint density at radius 3 is 2.95 bits per heavy atom. The molecule has 2 rings (SSSR count). The molecule has 0 aliphatic carbocycles. The number of esters is 1. The van der Waals surface area contributed by atoms with E-state index in [1.165, 1.54) is 0 Å². The molecule has 106 valence electrons. The molecule has 0 amide bonds. The van der Waals surface area contributed by atoms with Crippen molar-refractivity contribution in [1.29, 1.82) is 0 Å². The fraction of sp³-hybridized carbons (Fsp3) is 0.333. The summed E-state index contributed by atoms with van der Waals surface area (Å²) in [6, 6.07) is 7.99. The molecule has 0 aliphatic rings. The number of hydrogen-bond acceptors (Lipinski definition) is 4. The molecule has 1 heterocycles. The van der Waals surface area contributed by atoms with Crippen molar-refractivity contribution in [1.82, 2.24) is 9.66 Å². The van der Waals surface area contributed by atoms with E-state index in [1.807, 2.05) is 38.1 Å². The van der Waals surface area contributed by atoms with Crippen LogP contribution in [0, 0.1) is 6.92 Å². The third-order valence-electron chi connectivity index (χ3n) is 2.89. The van der Waals surface area contributed by atoms with Crippen molar-refractivity contribution in [2.24, 2.45) is 0 Å². The third-order valence-corrected chi connectivity index (χ3v) is 2.89. The molecule has 0 bridgehead atoms. The molecule has 20 heavy (non-hydrogen) atoms. The summed E-state index contributed by atoms with van der Waals surface area (Å²) in [5.74, 6) is 0.516. The summed E-state index contributed by atoms with van der Waals surface area (Å²) in [5, 5.41) is 0. The van der Waals surface area contributed by atoms with Gasteiger partial charge in [0.1, 0.15) is 6.54 Å². The standard InChI is InChI=1S/C15H19N3O2/c1-3-10-20-14(19)11-17-18-9-8-16-15(18)13-7-5-4-6-12(13)2/h4-9,17H,3,10-11H2,1-2H3. The molecule has 0 spiro atoms. The first-order valence-corrected chi connectivity index (χ1v) is 6.71. The third kappa shape index (κ3) is 3.38. The molecule has 1 N–H and O–H groups in total. The molecule has 0 fully saturated rings. The lowest BCUT2D eigenvalue weighted by molar-refractivity contribution is -0.141. The molecule has 0 radical (unpaired) electrons. The molecule has 1 aromatic heterocycles. The van der Waals surface area contributed by atoms with Gasteiger partial charge in [-0.2, -0.15) is 0 Å². The van der Waals surface area contributed by atoms with Crippen molar-refractivity contribution in [3.63, 3.8) is 0 Å². The highest BCUT2D eigenvalue weighted by molar-refractivity contribution is 5.73. The lowest BCUT2D eigenvalue weighted by Crippen LogP contribution is -2.24. The second-order valence-electron chi connectivity index (χ2n) is 4.49. The number of imidazole rings is 1. The highest BCUT2D eigenvalue weighted by atomic mass is 16.5. The number of benzene rings is 1.